The number of fused-ring (bicyclic) bond motifs is 1. The van der Waals surface area contributed by atoms with E-state index in [0.717, 1.165) is 29.9 Å². The van der Waals surface area contributed by atoms with Gasteiger partial charge in [0.25, 0.3) is 0 Å². The van der Waals surface area contributed by atoms with Crippen LogP contribution in [-0.2, 0) is 4.79 Å². The van der Waals surface area contributed by atoms with Gasteiger partial charge in [0, 0.05) is 5.41 Å². The highest BCUT2D eigenvalue weighted by atomic mass is 32.2. The van der Waals surface area contributed by atoms with Crippen molar-refractivity contribution in [3.8, 4) is 0 Å². The molecule has 134 valence electrons. The molecule has 0 saturated carbocycles. The summed E-state index contributed by atoms with van der Waals surface area (Å²) in [6.07, 6.45) is 9.35. The maximum atomic E-state index is 12.0. The first-order valence-corrected chi connectivity index (χ1v) is 10.9. The number of carboxylic acid groups (broad SMARTS) is 1. The van der Waals surface area contributed by atoms with Gasteiger partial charge in [-0.05, 0) is 54.6 Å². The molecule has 1 aliphatic heterocycles. The van der Waals surface area contributed by atoms with Crippen molar-refractivity contribution in [3.63, 3.8) is 0 Å². The van der Waals surface area contributed by atoms with Crippen LogP contribution >= 0.6 is 23.5 Å². The zero-order valence-electron chi connectivity index (χ0n) is 14.7. The predicted octanol–water partition coefficient (Wildman–Crippen LogP) is 4.33. The fourth-order valence-corrected chi connectivity index (χ4v) is 8.69. The van der Waals surface area contributed by atoms with Gasteiger partial charge in [0.1, 0.15) is 5.60 Å². The minimum absolute atomic E-state index is 0.123. The second-order valence-electron chi connectivity index (χ2n) is 7.97. The topological polar surface area (TPSA) is 57.5 Å². The smallest absolute Gasteiger partial charge is 0.304 e. The lowest BCUT2D eigenvalue weighted by Crippen LogP contribution is -2.62. The molecule has 3 rings (SSSR count). The van der Waals surface area contributed by atoms with Crippen molar-refractivity contribution in [2.45, 2.75) is 56.6 Å². The number of hydrogen-bond donors (Lipinski definition) is 2. The molecule has 1 saturated heterocycles. The van der Waals surface area contributed by atoms with Crippen LogP contribution in [0.4, 0.5) is 0 Å². The van der Waals surface area contributed by atoms with Crippen LogP contribution in [-0.4, -0.2) is 37.9 Å². The van der Waals surface area contributed by atoms with E-state index < -0.39 is 17.0 Å². The van der Waals surface area contributed by atoms with E-state index in [1.807, 2.05) is 23.5 Å². The maximum Gasteiger partial charge on any atom is 0.304 e. The fourth-order valence-electron chi connectivity index (χ4n) is 5.10. The first-order valence-electron chi connectivity index (χ1n) is 8.76. The number of rotatable bonds is 3. The fraction of sp³-hybridized carbons (Fsp3) is 0.737. The number of hydrogen-bond acceptors (Lipinski definition) is 4. The Labute approximate surface area is 153 Å². The molecule has 0 bridgehead atoms. The summed E-state index contributed by atoms with van der Waals surface area (Å²) in [6.45, 7) is 6.30. The Morgan fingerprint density at radius 3 is 2.62 bits per heavy atom. The quantitative estimate of drug-likeness (QED) is 0.726. The highest BCUT2D eigenvalue weighted by Gasteiger charge is 2.62. The Morgan fingerprint density at radius 1 is 1.33 bits per heavy atom. The molecular weight excluding hydrogens is 340 g/mol. The molecule has 0 aromatic rings. The lowest BCUT2D eigenvalue weighted by Gasteiger charge is -2.61. The summed E-state index contributed by atoms with van der Waals surface area (Å²) in [5.74, 6) is 1.57. The molecule has 2 aliphatic carbocycles. The van der Waals surface area contributed by atoms with Gasteiger partial charge in [-0.1, -0.05) is 32.1 Å². The molecule has 0 unspecified atom stereocenters. The van der Waals surface area contributed by atoms with Gasteiger partial charge in [-0.2, -0.15) is 0 Å². The second kappa shape index (κ2) is 6.40. The third-order valence-corrected chi connectivity index (χ3v) is 9.59. The van der Waals surface area contributed by atoms with Gasteiger partial charge in [0.05, 0.1) is 11.0 Å². The molecule has 5 heteroatoms. The van der Waals surface area contributed by atoms with Gasteiger partial charge in [-0.15, -0.1) is 23.5 Å². The van der Waals surface area contributed by atoms with Crippen molar-refractivity contribution < 1.29 is 15.0 Å². The second-order valence-corrected chi connectivity index (χ2v) is 10.7. The van der Waals surface area contributed by atoms with Crippen LogP contribution < -0.4 is 0 Å². The van der Waals surface area contributed by atoms with Crippen molar-refractivity contribution in [1.29, 1.82) is 0 Å². The number of allylic oxidation sites excluding steroid dienone is 3. The summed E-state index contributed by atoms with van der Waals surface area (Å²) in [6, 6.07) is 0. The van der Waals surface area contributed by atoms with Crippen LogP contribution in [0.2, 0.25) is 0 Å². The predicted molar refractivity (Wildman–Crippen MR) is 102 cm³/mol. The molecule has 3 nitrogen and oxygen atoms in total. The SMILES string of the molecule is CC1=CC[C@H]2[C@](C)(CC(=O)O)C=CC[C@]2(C)[C@]1(O)C1SCCCS1. The first kappa shape index (κ1) is 18.4. The van der Waals surface area contributed by atoms with E-state index in [-0.39, 0.29) is 22.3 Å². The third kappa shape index (κ3) is 2.67. The van der Waals surface area contributed by atoms with Crippen molar-refractivity contribution >= 4 is 29.5 Å². The lowest BCUT2D eigenvalue weighted by atomic mass is 9.48. The Balaban J connectivity index is 2.05. The molecule has 1 heterocycles. The van der Waals surface area contributed by atoms with E-state index in [2.05, 4.69) is 39.0 Å². The number of thioether (sulfide) groups is 2. The van der Waals surface area contributed by atoms with Crippen molar-refractivity contribution in [2.75, 3.05) is 11.5 Å². The highest BCUT2D eigenvalue weighted by Crippen LogP contribution is 2.63. The van der Waals surface area contributed by atoms with E-state index in [1.54, 1.807) is 0 Å². The van der Waals surface area contributed by atoms with E-state index in [4.69, 9.17) is 0 Å². The van der Waals surface area contributed by atoms with Crippen molar-refractivity contribution in [2.24, 2.45) is 16.7 Å². The average Bonchev–Trinajstić information content (AvgIpc) is 2.52. The largest absolute Gasteiger partial charge is 0.481 e. The average molecular weight is 369 g/mol. The molecule has 4 atom stereocenters. The third-order valence-electron chi connectivity index (χ3n) is 6.44. The molecule has 3 aliphatic rings. The standard InChI is InChI=1S/C19H28O3S2/c1-13-6-7-14-17(2,12-15(20)21)8-4-9-18(14,3)19(13,22)16-23-10-5-11-24-16/h4,6,8,14,16,22H,5,7,9-12H2,1-3H3,(H,20,21)/t14-,17-,18-,19+/m0/s1. The van der Waals surface area contributed by atoms with Gasteiger partial charge in [-0.3, -0.25) is 4.79 Å². The van der Waals surface area contributed by atoms with E-state index in [9.17, 15) is 15.0 Å². The van der Waals surface area contributed by atoms with E-state index >= 15 is 0 Å². The Kier molecular flexibility index (Phi) is 4.91. The zero-order chi connectivity index (χ0) is 17.6. The number of carbonyl (C=O) groups is 1. The molecule has 2 N–H and O–H groups in total. The highest BCUT2D eigenvalue weighted by molar-refractivity contribution is 8.17. The molecule has 0 aromatic carbocycles. The van der Waals surface area contributed by atoms with Crippen LogP contribution in [0.3, 0.4) is 0 Å². The van der Waals surface area contributed by atoms with Crippen LogP contribution in [0.25, 0.3) is 0 Å². The molecule has 0 aromatic heterocycles. The minimum atomic E-state index is -0.879. The summed E-state index contributed by atoms with van der Waals surface area (Å²) in [4.78, 5) is 11.5. The van der Waals surface area contributed by atoms with Crippen molar-refractivity contribution in [1.82, 2.24) is 0 Å². The van der Waals surface area contributed by atoms with Gasteiger partial charge in [-0.25, -0.2) is 0 Å². The van der Waals surface area contributed by atoms with Crippen LogP contribution in [0.15, 0.2) is 23.8 Å². The number of aliphatic carboxylic acids is 1. The monoisotopic (exact) mass is 368 g/mol. The lowest BCUT2D eigenvalue weighted by molar-refractivity contribution is -0.145. The minimum Gasteiger partial charge on any atom is -0.481 e. The van der Waals surface area contributed by atoms with Crippen LogP contribution in [0.1, 0.15) is 46.5 Å². The summed E-state index contributed by atoms with van der Waals surface area (Å²) in [5.41, 5.74) is -0.544. The first-order chi connectivity index (χ1) is 11.2. The molecular formula is C19H28O3S2. The molecule has 0 radical (unpaired) electrons. The molecule has 24 heavy (non-hydrogen) atoms. The number of aliphatic hydroxyl groups is 1. The Bertz CT molecular complexity index is 581. The van der Waals surface area contributed by atoms with Crippen LogP contribution in [0.5, 0.6) is 0 Å². The van der Waals surface area contributed by atoms with Gasteiger partial charge in [0.2, 0.25) is 0 Å². The van der Waals surface area contributed by atoms with Crippen molar-refractivity contribution in [3.05, 3.63) is 23.8 Å². The Morgan fingerprint density at radius 2 is 2.00 bits per heavy atom. The van der Waals surface area contributed by atoms with Crippen LogP contribution in [0, 0.1) is 16.7 Å². The number of carboxylic acids is 1. The van der Waals surface area contributed by atoms with E-state index in [1.165, 1.54) is 6.42 Å². The summed E-state index contributed by atoms with van der Waals surface area (Å²) in [7, 11) is 0. The zero-order valence-corrected chi connectivity index (χ0v) is 16.4. The van der Waals surface area contributed by atoms with Gasteiger partial charge < -0.3 is 10.2 Å². The molecule has 0 spiro atoms. The molecule has 1 fully saturated rings. The van der Waals surface area contributed by atoms with Gasteiger partial charge >= 0.3 is 5.97 Å². The Hall–Kier alpha value is -0.390. The maximum absolute atomic E-state index is 12.0. The van der Waals surface area contributed by atoms with E-state index in [0.29, 0.717) is 0 Å². The summed E-state index contributed by atoms with van der Waals surface area (Å²) >= 11 is 3.74. The summed E-state index contributed by atoms with van der Waals surface area (Å²) in [5, 5.41) is 21.4. The normalized spacial score (nSPS) is 43.2. The summed E-state index contributed by atoms with van der Waals surface area (Å²) < 4.78 is 0.135. The van der Waals surface area contributed by atoms with Gasteiger partial charge in [0.15, 0.2) is 0 Å². The molecule has 0 amide bonds.